The molecule has 0 aromatic heterocycles. The molecule has 1 aliphatic rings. The van der Waals surface area contributed by atoms with Crippen molar-refractivity contribution in [3.8, 4) is 5.75 Å². The first kappa shape index (κ1) is 21.8. The number of benzene rings is 2. The number of carbonyl (C=O) groups excluding carboxylic acids is 4. The number of nitrogens with zero attached hydrogens (tertiary/aromatic N) is 1. The molecule has 31 heavy (non-hydrogen) atoms. The zero-order valence-electron chi connectivity index (χ0n) is 17.2. The van der Waals surface area contributed by atoms with E-state index >= 15 is 0 Å². The van der Waals surface area contributed by atoms with Gasteiger partial charge in [-0.2, -0.15) is 0 Å². The van der Waals surface area contributed by atoms with E-state index in [2.05, 4.69) is 10.7 Å². The second-order valence-corrected chi connectivity index (χ2v) is 7.10. The van der Waals surface area contributed by atoms with Gasteiger partial charge in [-0.05, 0) is 43.3 Å². The molecule has 1 fully saturated rings. The molecule has 2 aromatic rings. The number of hydrazine groups is 1. The van der Waals surface area contributed by atoms with Crippen LogP contribution >= 0.6 is 0 Å². The molecule has 0 aliphatic carbocycles. The van der Waals surface area contributed by atoms with E-state index in [0.29, 0.717) is 17.0 Å². The van der Waals surface area contributed by atoms with E-state index in [0.717, 1.165) is 10.6 Å². The molecule has 9 heteroatoms. The number of aryl methyl sites for hydroxylation is 1. The van der Waals surface area contributed by atoms with Crippen molar-refractivity contribution in [3.63, 3.8) is 0 Å². The van der Waals surface area contributed by atoms with Crippen molar-refractivity contribution in [1.82, 2.24) is 10.4 Å². The van der Waals surface area contributed by atoms with Crippen LogP contribution in [0, 0.1) is 12.8 Å². The van der Waals surface area contributed by atoms with Crippen LogP contribution in [-0.2, 0) is 19.1 Å². The van der Waals surface area contributed by atoms with E-state index in [1.165, 1.54) is 7.11 Å². The number of hydrogen-bond donors (Lipinski definition) is 2. The molecule has 162 valence electrons. The van der Waals surface area contributed by atoms with Crippen molar-refractivity contribution >= 4 is 29.4 Å². The van der Waals surface area contributed by atoms with Crippen LogP contribution in [0.2, 0.25) is 0 Å². The first-order valence-corrected chi connectivity index (χ1v) is 9.64. The third-order valence-electron chi connectivity index (χ3n) is 4.69. The molecule has 3 amide bonds. The van der Waals surface area contributed by atoms with Gasteiger partial charge in [0.05, 0.1) is 19.6 Å². The van der Waals surface area contributed by atoms with Crippen LogP contribution in [0.3, 0.4) is 0 Å². The van der Waals surface area contributed by atoms with Crippen molar-refractivity contribution < 1.29 is 28.7 Å². The Labute approximate surface area is 179 Å². The number of amides is 3. The second-order valence-electron chi connectivity index (χ2n) is 7.10. The fraction of sp³-hybridized carbons (Fsp3) is 0.273. The number of carbonyl (C=O) groups is 4. The molecule has 0 unspecified atom stereocenters. The summed E-state index contributed by atoms with van der Waals surface area (Å²) in [6.07, 6.45) is -0.104. The third kappa shape index (κ3) is 5.81. The lowest BCUT2D eigenvalue weighted by atomic mass is 10.1. The van der Waals surface area contributed by atoms with Gasteiger partial charge >= 0.3 is 5.97 Å². The SMILES string of the molecule is COc1ccc(NC(=O)COC(=O)[C@@H]2CC(=O)N(NC(=O)c3cccc(C)c3)C2)cc1. The first-order valence-electron chi connectivity index (χ1n) is 9.64. The Bertz CT molecular complexity index is 989. The highest BCUT2D eigenvalue weighted by atomic mass is 16.5. The molecule has 3 rings (SSSR count). The molecule has 0 bridgehead atoms. The normalized spacial score (nSPS) is 15.4. The van der Waals surface area contributed by atoms with Crippen molar-refractivity contribution in [2.45, 2.75) is 13.3 Å². The van der Waals surface area contributed by atoms with Gasteiger partial charge in [0, 0.05) is 17.7 Å². The minimum absolute atomic E-state index is 0.0185. The van der Waals surface area contributed by atoms with Crippen LogP contribution in [-0.4, -0.2) is 49.0 Å². The van der Waals surface area contributed by atoms with Gasteiger partial charge in [-0.3, -0.25) is 29.6 Å². The van der Waals surface area contributed by atoms with E-state index in [1.807, 2.05) is 13.0 Å². The maximum Gasteiger partial charge on any atom is 0.311 e. The Hall–Kier alpha value is -3.88. The van der Waals surface area contributed by atoms with Crippen LogP contribution in [0.4, 0.5) is 5.69 Å². The highest BCUT2D eigenvalue weighted by Gasteiger charge is 2.36. The van der Waals surface area contributed by atoms with E-state index in [1.54, 1.807) is 42.5 Å². The number of methoxy groups -OCH3 is 1. The molecule has 1 aliphatic heterocycles. The maximum absolute atomic E-state index is 12.3. The summed E-state index contributed by atoms with van der Waals surface area (Å²) in [4.78, 5) is 48.7. The summed E-state index contributed by atoms with van der Waals surface area (Å²) < 4.78 is 10.1. The fourth-order valence-corrected chi connectivity index (χ4v) is 3.07. The summed E-state index contributed by atoms with van der Waals surface area (Å²) in [6.45, 7) is 1.36. The number of esters is 1. The monoisotopic (exact) mass is 425 g/mol. The van der Waals surface area contributed by atoms with Gasteiger partial charge in [0.25, 0.3) is 11.8 Å². The van der Waals surface area contributed by atoms with Gasteiger partial charge in [0.15, 0.2) is 6.61 Å². The van der Waals surface area contributed by atoms with Crippen molar-refractivity contribution in [2.75, 3.05) is 25.6 Å². The van der Waals surface area contributed by atoms with Crippen LogP contribution in [0.5, 0.6) is 5.75 Å². The maximum atomic E-state index is 12.3. The molecule has 1 atom stereocenters. The largest absolute Gasteiger partial charge is 0.497 e. The van der Waals surface area contributed by atoms with Gasteiger partial charge < -0.3 is 14.8 Å². The third-order valence-corrected chi connectivity index (χ3v) is 4.69. The Morgan fingerprint density at radius 2 is 1.87 bits per heavy atom. The lowest BCUT2D eigenvalue weighted by Crippen LogP contribution is -2.43. The molecule has 1 saturated heterocycles. The molecule has 0 saturated carbocycles. The minimum atomic E-state index is -0.765. The summed E-state index contributed by atoms with van der Waals surface area (Å²) in [5.41, 5.74) is 4.36. The predicted octanol–water partition coefficient (Wildman–Crippen LogP) is 1.68. The van der Waals surface area contributed by atoms with E-state index in [9.17, 15) is 19.2 Å². The molecule has 0 radical (unpaired) electrons. The summed E-state index contributed by atoms with van der Waals surface area (Å²) in [7, 11) is 1.54. The second kappa shape index (κ2) is 9.75. The predicted molar refractivity (Wildman–Crippen MR) is 111 cm³/mol. The molecular formula is C22H23N3O6. The quantitative estimate of drug-likeness (QED) is 0.653. The lowest BCUT2D eigenvalue weighted by molar-refractivity contribution is -0.151. The first-order chi connectivity index (χ1) is 14.9. The smallest absolute Gasteiger partial charge is 0.311 e. The number of nitrogens with one attached hydrogen (secondary N) is 2. The van der Waals surface area contributed by atoms with Crippen molar-refractivity contribution in [1.29, 1.82) is 0 Å². The van der Waals surface area contributed by atoms with E-state index in [4.69, 9.17) is 9.47 Å². The minimum Gasteiger partial charge on any atom is -0.497 e. The Morgan fingerprint density at radius 1 is 1.13 bits per heavy atom. The lowest BCUT2D eigenvalue weighted by Gasteiger charge is -2.17. The molecule has 2 N–H and O–H groups in total. The number of anilines is 1. The molecule has 1 heterocycles. The van der Waals surface area contributed by atoms with Gasteiger partial charge in [-0.1, -0.05) is 17.7 Å². The van der Waals surface area contributed by atoms with Gasteiger partial charge in [-0.15, -0.1) is 0 Å². The van der Waals surface area contributed by atoms with Crippen LogP contribution < -0.4 is 15.5 Å². The van der Waals surface area contributed by atoms with E-state index in [-0.39, 0.29) is 13.0 Å². The van der Waals surface area contributed by atoms with Crippen LogP contribution in [0.25, 0.3) is 0 Å². The van der Waals surface area contributed by atoms with E-state index < -0.39 is 36.2 Å². The Kier molecular flexibility index (Phi) is 6.86. The standard InChI is InChI=1S/C22H23N3O6/c1-14-4-3-5-15(10-14)21(28)24-25-12-16(11-20(25)27)22(29)31-13-19(26)23-17-6-8-18(30-2)9-7-17/h3-10,16H,11-13H2,1-2H3,(H,23,26)(H,24,28)/t16-/m1/s1. The summed E-state index contributed by atoms with van der Waals surface area (Å²) in [5, 5.41) is 3.70. The Balaban J connectivity index is 1.47. The highest BCUT2D eigenvalue weighted by molar-refractivity contribution is 5.97. The molecule has 9 nitrogen and oxygen atoms in total. The van der Waals surface area contributed by atoms with Crippen LogP contribution in [0.1, 0.15) is 22.3 Å². The van der Waals surface area contributed by atoms with Crippen LogP contribution in [0.15, 0.2) is 48.5 Å². The summed E-state index contributed by atoms with van der Waals surface area (Å²) >= 11 is 0. The fourth-order valence-electron chi connectivity index (χ4n) is 3.07. The van der Waals surface area contributed by atoms with Gasteiger partial charge in [0.1, 0.15) is 5.75 Å². The molecule has 0 spiro atoms. The molecule has 2 aromatic carbocycles. The van der Waals surface area contributed by atoms with Gasteiger partial charge in [0.2, 0.25) is 5.91 Å². The number of ether oxygens (including phenoxy) is 2. The van der Waals surface area contributed by atoms with Gasteiger partial charge in [-0.25, -0.2) is 0 Å². The van der Waals surface area contributed by atoms with Crippen molar-refractivity contribution in [3.05, 3.63) is 59.7 Å². The average molecular weight is 425 g/mol. The molecular weight excluding hydrogens is 402 g/mol. The highest BCUT2D eigenvalue weighted by Crippen LogP contribution is 2.18. The number of rotatable bonds is 7. The zero-order chi connectivity index (χ0) is 22.4. The summed E-state index contributed by atoms with van der Waals surface area (Å²) in [6, 6.07) is 13.6. The Morgan fingerprint density at radius 3 is 2.55 bits per heavy atom. The van der Waals surface area contributed by atoms with Crippen molar-refractivity contribution in [2.24, 2.45) is 5.92 Å². The topological polar surface area (TPSA) is 114 Å². The summed E-state index contributed by atoms with van der Waals surface area (Å²) in [5.74, 6) is -2.14. The number of hydrogen-bond acceptors (Lipinski definition) is 6. The average Bonchev–Trinajstić information content (AvgIpc) is 3.13. The zero-order valence-corrected chi connectivity index (χ0v) is 17.2.